The maximum absolute atomic E-state index is 13.1. The van der Waals surface area contributed by atoms with Crippen molar-refractivity contribution in [2.45, 2.75) is 39.4 Å². The van der Waals surface area contributed by atoms with Crippen LogP contribution in [0.1, 0.15) is 26.1 Å². The summed E-state index contributed by atoms with van der Waals surface area (Å²) < 4.78 is 14.7. The molecule has 2 heterocycles. The minimum atomic E-state index is -0.668. The number of hydrogen-bond donors (Lipinski definition) is 0. The van der Waals surface area contributed by atoms with E-state index >= 15 is 0 Å². The number of carbonyl (C=O) groups excluding carboxylic acids is 2. The number of anilines is 1. The Balaban J connectivity index is 1.85. The van der Waals surface area contributed by atoms with Crippen molar-refractivity contribution >= 4 is 17.6 Å². The first-order valence-corrected chi connectivity index (χ1v) is 7.68. The fourth-order valence-corrected chi connectivity index (χ4v) is 2.67. The first-order chi connectivity index (χ1) is 11.5. The number of imide groups is 1. The molecular weight excluding hydrogens is 315 g/mol. The summed E-state index contributed by atoms with van der Waals surface area (Å²) in [6.07, 6.45) is 0.831. The van der Waals surface area contributed by atoms with Crippen LogP contribution in [0.3, 0.4) is 0 Å². The van der Waals surface area contributed by atoms with Crippen molar-refractivity contribution in [1.82, 2.24) is 25.1 Å². The number of carbonyl (C=O) groups is 2. The number of benzene rings is 1. The van der Waals surface area contributed by atoms with E-state index in [2.05, 4.69) is 15.5 Å². The SMILES string of the molecule is CCCn1nnnc1CN1C(=O)C(C)N(c2ccc(F)cc2)C1=O. The summed E-state index contributed by atoms with van der Waals surface area (Å²) in [6, 6.07) is 4.32. The Morgan fingerprint density at radius 2 is 1.92 bits per heavy atom. The third kappa shape index (κ3) is 2.72. The van der Waals surface area contributed by atoms with E-state index in [1.807, 2.05) is 6.92 Å². The van der Waals surface area contributed by atoms with Gasteiger partial charge >= 0.3 is 6.03 Å². The van der Waals surface area contributed by atoms with Gasteiger partial charge in [0.2, 0.25) is 0 Å². The Bertz CT molecular complexity index is 760. The summed E-state index contributed by atoms with van der Waals surface area (Å²) in [6.45, 7) is 4.23. The maximum Gasteiger partial charge on any atom is 0.332 e. The second-order valence-electron chi connectivity index (χ2n) is 5.55. The zero-order valence-corrected chi connectivity index (χ0v) is 13.4. The zero-order valence-electron chi connectivity index (χ0n) is 13.4. The van der Waals surface area contributed by atoms with Crippen LogP contribution in [0.4, 0.5) is 14.9 Å². The van der Waals surface area contributed by atoms with Crippen molar-refractivity contribution in [3.05, 3.63) is 35.9 Å². The second-order valence-corrected chi connectivity index (χ2v) is 5.55. The number of halogens is 1. The van der Waals surface area contributed by atoms with Gasteiger partial charge in [0.05, 0.1) is 6.54 Å². The highest BCUT2D eigenvalue weighted by Gasteiger charge is 2.43. The van der Waals surface area contributed by atoms with Crippen molar-refractivity contribution < 1.29 is 14.0 Å². The molecule has 0 aliphatic carbocycles. The molecule has 3 rings (SSSR count). The average Bonchev–Trinajstić information content (AvgIpc) is 3.08. The third-order valence-electron chi connectivity index (χ3n) is 3.89. The lowest BCUT2D eigenvalue weighted by Gasteiger charge is -2.19. The molecule has 3 amide bonds. The van der Waals surface area contributed by atoms with Gasteiger partial charge in [-0.05, 0) is 48.0 Å². The Labute approximate surface area is 137 Å². The minimum Gasteiger partial charge on any atom is -0.282 e. The van der Waals surface area contributed by atoms with Crippen LogP contribution in [-0.2, 0) is 17.9 Å². The predicted octanol–water partition coefficient (Wildman–Crippen LogP) is 1.58. The molecule has 1 unspecified atom stereocenters. The summed E-state index contributed by atoms with van der Waals surface area (Å²) >= 11 is 0. The van der Waals surface area contributed by atoms with Crippen LogP contribution in [0.5, 0.6) is 0 Å². The highest BCUT2D eigenvalue weighted by molar-refractivity contribution is 6.13. The normalized spacial score (nSPS) is 17.9. The molecular formula is C15H17FN6O2. The van der Waals surface area contributed by atoms with E-state index in [-0.39, 0.29) is 12.5 Å². The number of hydrogen-bond acceptors (Lipinski definition) is 5. The molecule has 1 saturated heterocycles. The molecule has 1 atom stereocenters. The molecule has 126 valence electrons. The molecule has 0 radical (unpaired) electrons. The first kappa shape index (κ1) is 16.0. The van der Waals surface area contributed by atoms with E-state index in [1.165, 1.54) is 29.2 Å². The first-order valence-electron chi connectivity index (χ1n) is 7.68. The lowest BCUT2D eigenvalue weighted by Crippen LogP contribution is -2.34. The van der Waals surface area contributed by atoms with Gasteiger partial charge in [0, 0.05) is 12.2 Å². The molecule has 1 aromatic heterocycles. The summed E-state index contributed by atoms with van der Waals surface area (Å²) in [5.74, 6) is -0.290. The fraction of sp³-hybridized carbons (Fsp3) is 0.400. The average molecular weight is 332 g/mol. The minimum absolute atomic E-state index is 0.00665. The van der Waals surface area contributed by atoms with Gasteiger partial charge < -0.3 is 0 Å². The quantitative estimate of drug-likeness (QED) is 0.776. The molecule has 2 aromatic rings. The Morgan fingerprint density at radius 3 is 2.58 bits per heavy atom. The van der Waals surface area contributed by atoms with Gasteiger partial charge in [0.15, 0.2) is 5.82 Å². The second kappa shape index (κ2) is 6.34. The van der Waals surface area contributed by atoms with E-state index < -0.39 is 17.9 Å². The Morgan fingerprint density at radius 1 is 1.21 bits per heavy atom. The molecule has 1 aliphatic rings. The molecule has 0 bridgehead atoms. The highest BCUT2D eigenvalue weighted by Crippen LogP contribution is 2.26. The van der Waals surface area contributed by atoms with Crippen molar-refractivity contribution in [2.24, 2.45) is 0 Å². The zero-order chi connectivity index (χ0) is 17.3. The lowest BCUT2D eigenvalue weighted by atomic mass is 10.2. The topological polar surface area (TPSA) is 84.2 Å². The largest absolute Gasteiger partial charge is 0.332 e. The molecule has 1 aromatic carbocycles. The summed E-state index contributed by atoms with van der Waals surface area (Å²) in [5.41, 5.74) is 0.470. The molecule has 0 spiro atoms. The molecule has 0 N–H and O–H groups in total. The number of amides is 3. The highest BCUT2D eigenvalue weighted by atomic mass is 19.1. The number of rotatable bonds is 5. The number of tetrazole rings is 1. The van der Waals surface area contributed by atoms with Crippen molar-refractivity contribution in [1.29, 1.82) is 0 Å². The van der Waals surface area contributed by atoms with Gasteiger partial charge in [-0.15, -0.1) is 5.10 Å². The number of aromatic nitrogens is 4. The fourth-order valence-electron chi connectivity index (χ4n) is 2.67. The Hall–Kier alpha value is -2.84. The molecule has 24 heavy (non-hydrogen) atoms. The summed E-state index contributed by atoms with van der Waals surface area (Å²) in [7, 11) is 0. The molecule has 9 heteroatoms. The van der Waals surface area contributed by atoms with Crippen LogP contribution in [-0.4, -0.2) is 43.1 Å². The standard InChI is InChI=1S/C15H17FN6O2/c1-3-8-21-13(17-18-19-21)9-20-14(23)10(2)22(15(20)24)12-6-4-11(16)5-7-12/h4-7,10H,3,8-9H2,1-2H3. The third-order valence-corrected chi connectivity index (χ3v) is 3.89. The van der Waals surface area contributed by atoms with Crippen molar-refractivity contribution in [3.63, 3.8) is 0 Å². The summed E-state index contributed by atoms with van der Waals surface area (Å²) in [5, 5.41) is 11.3. The molecule has 8 nitrogen and oxygen atoms in total. The monoisotopic (exact) mass is 332 g/mol. The van der Waals surface area contributed by atoms with Crippen LogP contribution in [0.2, 0.25) is 0 Å². The van der Waals surface area contributed by atoms with Gasteiger partial charge in [-0.3, -0.25) is 14.6 Å². The molecule has 1 aliphatic heterocycles. The van der Waals surface area contributed by atoms with E-state index in [0.29, 0.717) is 18.1 Å². The lowest BCUT2D eigenvalue weighted by molar-refractivity contribution is -0.127. The van der Waals surface area contributed by atoms with Gasteiger partial charge in [-0.1, -0.05) is 6.92 Å². The molecule has 1 fully saturated rings. The van der Waals surface area contributed by atoms with Crippen LogP contribution in [0, 0.1) is 5.82 Å². The van der Waals surface area contributed by atoms with Gasteiger partial charge in [0.25, 0.3) is 5.91 Å². The number of aryl methyl sites for hydroxylation is 1. The van der Waals surface area contributed by atoms with Crippen molar-refractivity contribution in [3.8, 4) is 0 Å². The molecule has 0 saturated carbocycles. The maximum atomic E-state index is 13.1. The predicted molar refractivity (Wildman–Crippen MR) is 82.4 cm³/mol. The van der Waals surface area contributed by atoms with E-state index in [1.54, 1.807) is 11.6 Å². The number of nitrogens with zero attached hydrogens (tertiary/aromatic N) is 6. The van der Waals surface area contributed by atoms with Crippen LogP contribution in [0.15, 0.2) is 24.3 Å². The van der Waals surface area contributed by atoms with Crippen LogP contribution in [0.25, 0.3) is 0 Å². The Kier molecular flexibility index (Phi) is 4.24. The smallest absolute Gasteiger partial charge is 0.282 e. The number of urea groups is 1. The van der Waals surface area contributed by atoms with Crippen LogP contribution >= 0.6 is 0 Å². The van der Waals surface area contributed by atoms with Gasteiger partial charge in [0.1, 0.15) is 11.9 Å². The summed E-state index contributed by atoms with van der Waals surface area (Å²) in [4.78, 5) is 27.6. The van der Waals surface area contributed by atoms with Gasteiger partial charge in [-0.25, -0.2) is 13.9 Å². The van der Waals surface area contributed by atoms with E-state index in [0.717, 1.165) is 11.3 Å². The van der Waals surface area contributed by atoms with E-state index in [4.69, 9.17) is 0 Å². The van der Waals surface area contributed by atoms with Gasteiger partial charge in [-0.2, -0.15) is 0 Å². The van der Waals surface area contributed by atoms with Crippen molar-refractivity contribution in [2.75, 3.05) is 4.90 Å². The van der Waals surface area contributed by atoms with Crippen LogP contribution < -0.4 is 4.90 Å². The van der Waals surface area contributed by atoms with E-state index in [9.17, 15) is 14.0 Å².